The van der Waals surface area contributed by atoms with Crippen LogP contribution in [0.3, 0.4) is 0 Å². The molecule has 0 atom stereocenters. The zero-order valence-corrected chi connectivity index (χ0v) is 40.5. The molecule has 2 amide bonds. The lowest BCUT2D eigenvalue weighted by Gasteiger charge is -2.31. The fourth-order valence-corrected chi connectivity index (χ4v) is 6.63. The number of amides is 2. The van der Waals surface area contributed by atoms with Crippen LogP contribution in [0.1, 0.15) is 35.1 Å². The van der Waals surface area contributed by atoms with Gasteiger partial charge in [-0.05, 0) is 85.7 Å². The Hall–Kier alpha value is -5.40. The first kappa shape index (κ1) is 55.7. The van der Waals surface area contributed by atoms with Crippen molar-refractivity contribution in [3.63, 3.8) is 0 Å². The number of quaternary nitrogens is 2. The van der Waals surface area contributed by atoms with Crippen LogP contribution in [0.15, 0.2) is 119 Å². The van der Waals surface area contributed by atoms with E-state index in [1.807, 2.05) is 62.4 Å². The van der Waals surface area contributed by atoms with Crippen LogP contribution in [0.5, 0.6) is 11.5 Å². The van der Waals surface area contributed by atoms with Crippen LogP contribution in [-0.2, 0) is 34.6 Å². The highest BCUT2D eigenvalue weighted by Gasteiger charge is 2.17. The molecule has 65 heavy (non-hydrogen) atoms. The molecule has 0 spiro atoms. The molecule has 2 N–H and O–H groups in total. The molecule has 0 aliphatic rings. The van der Waals surface area contributed by atoms with E-state index in [0.29, 0.717) is 26.3 Å². The van der Waals surface area contributed by atoms with Gasteiger partial charge in [0, 0.05) is 38.1 Å². The summed E-state index contributed by atoms with van der Waals surface area (Å²) in [6.07, 6.45) is 8.52. The van der Waals surface area contributed by atoms with Gasteiger partial charge in [0.1, 0.15) is 44.8 Å². The number of carbonyl (C=O) groups is 2. The summed E-state index contributed by atoms with van der Waals surface area (Å²) in [4.78, 5) is 23.9. The van der Waals surface area contributed by atoms with E-state index >= 15 is 0 Å². The summed E-state index contributed by atoms with van der Waals surface area (Å²) in [6.45, 7) is 10.0. The molecule has 0 aliphatic heterocycles. The standard InChI is InChI=1S/C34H50N4O5.2C7H8O3S/c1-37(2,23-7-21-35-33(39)19-13-29-9-15-31(41-5)16-10-29)25-27-43-28-26-38(3,4)24-8-22-36-34(40)20-14-30-11-17-32(42-6)18-12-30;2*1-6-2-4-7(5-3-6)11(8,9)10/h9-20H,7-8,21-28H2,1-6H3;2*2-5H,1H3,(H,8,9,10). The van der Waals surface area contributed by atoms with E-state index in [0.717, 1.165) is 81.7 Å². The molecule has 4 aromatic carbocycles. The Morgan fingerprint density at radius 1 is 0.538 bits per heavy atom. The Morgan fingerprint density at radius 3 is 1.15 bits per heavy atom. The molecule has 4 aromatic rings. The van der Waals surface area contributed by atoms with Crippen molar-refractivity contribution >= 4 is 44.2 Å². The lowest BCUT2D eigenvalue weighted by Crippen LogP contribution is -2.46. The quantitative estimate of drug-likeness (QED) is 0.0442. The smallest absolute Gasteiger partial charge is 0.244 e. The Labute approximate surface area is 386 Å². The second kappa shape index (κ2) is 27.8. The van der Waals surface area contributed by atoms with Gasteiger partial charge in [-0.3, -0.25) is 9.59 Å². The average Bonchev–Trinajstić information content (AvgIpc) is 3.25. The van der Waals surface area contributed by atoms with E-state index in [1.165, 1.54) is 24.3 Å². The van der Waals surface area contributed by atoms with Gasteiger partial charge in [0.15, 0.2) is 0 Å². The highest BCUT2D eigenvalue weighted by Crippen LogP contribution is 2.14. The van der Waals surface area contributed by atoms with E-state index < -0.39 is 20.2 Å². The van der Waals surface area contributed by atoms with E-state index in [1.54, 1.807) is 62.8 Å². The highest BCUT2D eigenvalue weighted by molar-refractivity contribution is 7.86. The van der Waals surface area contributed by atoms with Crippen molar-refractivity contribution < 1.29 is 58.7 Å². The van der Waals surface area contributed by atoms with E-state index in [-0.39, 0.29) is 21.6 Å². The Morgan fingerprint density at radius 2 is 0.862 bits per heavy atom. The first-order valence-electron chi connectivity index (χ1n) is 21.0. The maximum absolute atomic E-state index is 12.1. The van der Waals surface area contributed by atoms with Gasteiger partial charge in [0.25, 0.3) is 0 Å². The normalized spacial score (nSPS) is 11.8. The number of nitrogens with zero attached hydrogens (tertiary/aromatic N) is 2. The minimum Gasteiger partial charge on any atom is -0.744 e. The summed E-state index contributed by atoms with van der Waals surface area (Å²) in [5, 5.41) is 5.92. The van der Waals surface area contributed by atoms with Crippen molar-refractivity contribution in [2.75, 3.05) is 94.9 Å². The third-order valence-electron chi connectivity index (χ3n) is 9.87. The van der Waals surface area contributed by atoms with Crippen LogP contribution in [0, 0.1) is 13.8 Å². The van der Waals surface area contributed by atoms with Crippen molar-refractivity contribution in [2.45, 2.75) is 36.5 Å². The second-order valence-corrected chi connectivity index (χ2v) is 19.2. The lowest BCUT2D eigenvalue weighted by atomic mass is 10.2. The summed E-state index contributed by atoms with van der Waals surface area (Å²) >= 11 is 0. The van der Waals surface area contributed by atoms with Crippen molar-refractivity contribution in [1.29, 1.82) is 0 Å². The number of ether oxygens (including phenoxy) is 3. The second-order valence-electron chi connectivity index (χ2n) is 16.4. The van der Waals surface area contributed by atoms with Crippen molar-refractivity contribution in [3.8, 4) is 11.5 Å². The molecule has 0 heterocycles. The summed E-state index contributed by atoms with van der Waals surface area (Å²) in [5.74, 6) is 1.41. The first-order chi connectivity index (χ1) is 30.5. The largest absolute Gasteiger partial charge is 0.744 e. The minimum absolute atomic E-state index is 0.0888. The Bertz CT molecular complexity index is 2150. The summed E-state index contributed by atoms with van der Waals surface area (Å²) in [6, 6.07) is 26.7. The minimum atomic E-state index is -4.27. The van der Waals surface area contributed by atoms with Crippen molar-refractivity contribution in [3.05, 3.63) is 131 Å². The fraction of sp³-hybridized carbons (Fsp3) is 0.375. The number of hydrogen-bond acceptors (Lipinski definition) is 11. The van der Waals surface area contributed by atoms with Crippen LogP contribution in [-0.4, -0.2) is 142 Å². The van der Waals surface area contributed by atoms with Crippen LogP contribution < -0.4 is 20.1 Å². The zero-order chi connectivity index (χ0) is 48.5. The predicted molar refractivity (Wildman–Crippen MR) is 252 cm³/mol. The molecule has 4 rings (SSSR count). The molecule has 0 unspecified atom stereocenters. The van der Waals surface area contributed by atoms with Crippen LogP contribution >= 0.6 is 0 Å². The van der Waals surface area contributed by atoms with Gasteiger partial charge in [-0.15, -0.1) is 0 Å². The van der Waals surface area contributed by atoms with E-state index in [2.05, 4.69) is 38.8 Å². The van der Waals surface area contributed by atoms with Crippen molar-refractivity contribution in [2.24, 2.45) is 0 Å². The van der Waals surface area contributed by atoms with Gasteiger partial charge >= 0.3 is 0 Å². The van der Waals surface area contributed by atoms with Gasteiger partial charge in [0.05, 0.1) is 78.5 Å². The number of likely N-dealkylation sites (N-methyl/N-ethyl adjacent to an activating group) is 2. The van der Waals surface area contributed by atoms with Gasteiger partial charge in [-0.1, -0.05) is 59.7 Å². The highest BCUT2D eigenvalue weighted by atomic mass is 32.2. The number of rotatable bonds is 22. The molecule has 0 saturated carbocycles. The summed E-state index contributed by atoms with van der Waals surface area (Å²) < 4.78 is 80.3. The topological polar surface area (TPSA) is 200 Å². The number of aryl methyl sites for hydroxylation is 2. The maximum Gasteiger partial charge on any atom is 0.244 e. The monoisotopic (exact) mass is 938 g/mol. The molecule has 0 aliphatic carbocycles. The lowest BCUT2D eigenvalue weighted by molar-refractivity contribution is -0.894. The zero-order valence-electron chi connectivity index (χ0n) is 38.8. The molecule has 17 heteroatoms. The maximum atomic E-state index is 12.1. The number of methoxy groups -OCH3 is 2. The molecular weight excluding hydrogens is 873 g/mol. The van der Waals surface area contributed by atoms with Crippen LogP contribution in [0.4, 0.5) is 0 Å². The summed E-state index contributed by atoms with van der Waals surface area (Å²) in [7, 11) is 3.48. The van der Waals surface area contributed by atoms with Crippen LogP contribution in [0.25, 0.3) is 12.2 Å². The third kappa shape index (κ3) is 25.0. The Balaban J connectivity index is 0.000000530. The molecule has 356 valence electrons. The van der Waals surface area contributed by atoms with E-state index in [9.17, 15) is 35.5 Å². The molecule has 0 aromatic heterocycles. The average molecular weight is 939 g/mol. The summed E-state index contributed by atoms with van der Waals surface area (Å²) in [5.41, 5.74) is 3.76. The SMILES string of the molecule is COc1ccc(C=CC(=O)NCCC[N+](C)(C)CCOCC[N+](C)(C)CCCNC(=O)C=Cc2ccc(OC)cc2)cc1.Cc1ccc(S(=O)(=O)[O-])cc1.Cc1ccc(S(=O)(=O)[O-])cc1. The fourth-order valence-electron chi connectivity index (χ4n) is 5.69. The molecule has 0 bridgehead atoms. The Kier molecular flexibility index (Phi) is 23.9. The number of carbonyl (C=O) groups excluding carboxylic acids is 2. The molecule has 15 nitrogen and oxygen atoms in total. The molecular formula is C48H66N4O11S2. The van der Waals surface area contributed by atoms with Crippen LogP contribution in [0.2, 0.25) is 0 Å². The van der Waals surface area contributed by atoms with Gasteiger partial charge in [-0.25, -0.2) is 16.8 Å². The molecule has 0 saturated heterocycles. The van der Waals surface area contributed by atoms with Gasteiger partial charge < -0.3 is 42.9 Å². The predicted octanol–water partition coefficient (Wildman–Crippen LogP) is 5.41. The molecule has 0 radical (unpaired) electrons. The first-order valence-corrected chi connectivity index (χ1v) is 23.8. The van der Waals surface area contributed by atoms with Crippen molar-refractivity contribution in [1.82, 2.24) is 10.6 Å². The molecule has 0 fully saturated rings. The van der Waals surface area contributed by atoms with Gasteiger partial charge in [0.2, 0.25) is 11.8 Å². The van der Waals surface area contributed by atoms with Gasteiger partial charge in [-0.2, -0.15) is 0 Å². The number of hydrogen-bond donors (Lipinski definition) is 2. The van der Waals surface area contributed by atoms with E-state index in [4.69, 9.17) is 14.2 Å². The number of nitrogens with one attached hydrogen (secondary N) is 2. The third-order valence-corrected chi connectivity index (χ3v) is 11.6. The number of benzene rings is 4.